The van der Waals surface area contributed by atoms with Gasteiger partial charge in [0, 0.05) is 0 Å². The Morgan fingerprint density at radius 2 is 1.50 bits per heavy atom. The molecule has 0 aliphatic heterocycles. The van der Waals surface area contributed by atoms with Crippen molar-refractivity contribution >= 4 is 6.21 Å². The number of rotatable bonds is 17. The minimum absolute atomic E-state index is 0.457. The number of oxime groups is 1. The molecule has 0 bridgehead atoms. The van der Waals surface area contributed by atoms with Gasteiger partial charge in [-0.05, 0) is 74.4 Å². The van der Waals surface area contributed by atoms with Gasteiger partial charge in [-0.15, -0.1) is 0 Å². The Kier molecular flexibility index (Phi) is 13.5. The number of aryl methyl sites for hydroxylation is 3. The van der Waals surface area contributed by atoms with Crippen molar-refractivity contribution in [2.45, 2.75) is 65.9 Å². The molecule has 0 aromatic heterocycles. The second-order valence-electron chi connectivity index (χ2n) is 8.43. The quantitative estimate of drug-likeness (QED) is 0.109. The Morgan fingerprint density at radius 3 is 2.21 bits per heavy atom. The van der Waals surface area contributed by atoms with Crippen LogP contribution in [-0.4, -0.2) is 33.1 Å². The van der Waals surface area contributed by atoms with Crippen molar-refractivity contribution < 1.29 is 19.0 Å². The van der Waals surface area contributed by atoms with E-state index in [9.17, 15) is 0 Å². The largest absolute Gasteiger partial charge is 0.493 e. The molecule has 34 heavy (non-hydrogen) atoms. The van der Waals surface area contributed by atoms with E-state index in [0.29, 0.717) is 19.8 Å². The lowest BCUT2D eigenvalue weighted by atomic mass is 10.0. The van der Waals surface area contributed by atoms with Crippen LogP contribution in [0.2, 0.25) is 0 Å². The van der Waals surface area contributed by atoms with Crippen LogP contribution in [0, 0.1) is 13.8 Å². The molecule has 5 heteroatoms. The van der Waals surface area contributed by atoms with Crippen molar-refractivity contribution in [1.29, 1.82) is 0 Å². The Bertz CT molecular complexity index is 851. The standard InChI is InChI=1S/C29H41NO4/c1-5-6-18-33-28-21-24(2)29(25(3)22-28)34-19-11-9-7-8-10-12-26-13-15-27(16-14-26)23-32-20-17-30-31-4/h5-6,13-17,21-22H,7-12,18-20,23H2,1-4H3/b6-5+,30-17?. The van der Waals surface area contributed by atoms with E-state index in [4.69, 9.17) is 14.2 Å². The Labute approximate surface area is 205 Å². The monoisotopic (exact) mass is 467 g/mol. The van der Waals surface area contributed by atoms with Crippen LogP contribution in [0.4, 0.5) is 0 Å². The number of unbranched alkanes of at least 4 members (excludes halogenated alkanes) is 4. The first-order valence-corrected chi connectivity index (χ1v) is 12.3. The normalized spacial score (nSPS) is 11.4. The van der Waals surface area contributed by atoms with E-state index in [2.05, 4.69) is 60.2 Å². The highest BCUT2D eigenvalue weighted by atomic mass is 16.6. The highest BCUT2D eigenvalue weighted by Crippen LogP contribution is 2.28. The highest BCUT2D eigenvalue weighted by Gasteiger charge is 2.07. The van der Waals surface area contributed by atoms with Crippen molar-refractivity contribution in [2.24, 2.45) is 5.16 Å². The predicted octanol–water partition coefficient (Wildman–Crippen LogP) is 6.98. The van der Waals surface area contributed by atoms with Gasteiger partial charge in [0.25, 0.3) is 0 Å². The highest BCUT2D eigenvalue weighted by molar-refractivity contribution is 5.57. The van der Waals surface area contributed by atoms with Gasteiger partial charge in [0.05, 0.1) is 26.0 Å². The molecule has 0 fully saturated rings. The van der Waals surface area contributed by atoms with Crippen LogP contribution < -0.4 is 9.47 Å². The van der Waals surface area contributed by atoms with Crippen molar-refractivity contribution in [3.05, 3.63) is 70.8 Å². The third kappa shape index (κ3) is 10.9. The number of hydrogen-bond acceptors (Lipinski definition) is 5. The first kappa shape index (κ1) is 27.5. The van der Waals surface area contributed by atoms with Gasteiger partial charge in [-0.1, -0.05) is 60.8 Å². The molecule has 0 radical (unpaired) electrons. The Balaban J connectivity index is 1.56. The number of allylic oxidation sites excluding steroid dienone is 1. The van der Waals surface area contributed by atoms with E-state index in [1.807, 2.05) is 19.1 Å². The summed E-state index contributed by atoms with van der Waals surface area (Å²) in [7, 11) is 1.52. The molecule has 0 saturated carbocycles. The zero-order chi connectivity index (χ0) is 24.4. The third-order valence-corrected chi connectivity index (χ3v) is 5.54. The van der Waals surface area contributed by atoms with Crippen LogP contribution in [0.5, 0.6) is 11.5 Å². The molecule has 2 aromatic carbocycles. The van der Waals surface area contributed by atoms with Crippen molar-refractivity contribution in [2.75, 3.05) is 26.9 Å². The second kappa shape index (κ2) is 16.8. The number of benzene rings is 2. The molecule has 5 nitrogen and oxygen atoms in total. The van der Waals surface area contributed by atoms with E-state index >= 15 is 0 Å². The van der Waals surface area contributed by atoms with Crippen LogP contribution in [0.1, 0.15) is 61.3 Å². The predicted molar refractivity (Wildman–Crippen MR) is 140 cm³/mol. The lowest BCUT2D eigenvalue weighted by Crippen LogP contribution is -2.02. The minimum atomic E-state index is 0.457. The van der Waals surface area contributed by atoms with E-state index in [0.717, 1.165) is 42.1 Å². The lowest BCUT2D eigenvalue weighted by molar-refractivity contribution is 0.154. The number of ether oxygens (including phenoxy) is 3. The first-order chi connectivity index (χ1) is 16.6. The molecular weight excluding hydrogens is 426 g/mol. The van der Waals surface area contributed by atoms with Gasteiger partial charge in [0.15, 0.2) is 0 Å². The second-order valence-corrected chi connectivity index (χ2v) is 8.43. The fourth-order valence-electron chi connectivity index (χ4n) is 3.73. The Hall–Kier alpha value is -2.79. The molecule has 0 N–H and O–H groups in total. The van der Waals surface area contributed by atoms with Crippen molar-refractivity contribution in [3.8, 4) is 11.5 Å². The average molecular weight is 468 g/mol. The number of nitrogens with zero attached hydrogens (tertiary/aromatic N) is 1. The van der Waals surface area contributed by atoms with Gasteiger partial charge in [0.2, 0.25) is 0 Å². The smallest absolute Gasteiger partial charge is 0.125 e. The van der Waals surface area contributed by atoms with Crippen LogP contribution in [-0.2, 0) is 22.6 Å². The first-order valence-electron chi connectivity index (χ1n) is 12.3. The molecular formula is C29H41NO4. The zero-order valence-corrected chi connectivity index (χ0v) is 21.3. The molecule has 0 heterocycles. The van der Waals surface area contributed by atoms with Gasteiger partial charge in [-0.25, -0.2) is 0 Å². The Morgan fingerprint density at radius 1 is 0.824 bits per heavy atom. The molecule has 186 valence electrons. The topological polar surface area (TPSA) is 49.3 Å². The summed E-state index contributed by atoms with van der Waals surface area (Å²) in [5.41, 5.74) is 4.83. The summed E-state index contributed by atoms with van der Waals surface area (Å²) in [4.78, 5) is 4.60. The maximum atomic E-state index is 6.09. The summed E-state index contributed by atoms with van der Waals surface area (Å²) in [6, 6.07) is 12.8. The van der Waals surface area contributed by atoms with Crippen LogP contribution in [0.25, 0.3) is 0 Å². The summed E-state index contributed by atoms with van der Waals surface area (Å²) in [6.07, 6.45) is 12.7. The number of hydrogen-bond donors (Lipinski definition) is 0. The average Bonchev–Trinajstić information content (AvgIpc) is 2.83. The van der Waals surface area contributed by atoms with Gasteiger partial charge >= 0.3 is 0 Å². The van der Waals surface area contributed by atoms with Gasteiger partial charge in [-0.2, -0.15) is 0 Å². The molecule has 2 rings (SSSR count). The molecule has 0 spiro atoms. The van der Waals surface area contributed by atoms with Crippen LogP contribution in [0.3, 0.4) is 0 Å². The van der Waals surface area contributed by atoms with Crippen LogP contribution >= 0.6 is 0 Å². The van der Waals surface area contributed by atoms with Gasteiger partial charge in [0.1, 0.15) is 25.2 Å². The fraction of sp³-hybridized carbons (Fsp3) is 0.483. The summed E-state index contributed by atoms with van der Waals surface area (Å²) in [5, 5.41) is 3.65. The molecule has 2 aromatic rings. The van der Waals surface area contributed by atoms with E-state index in [-0.39, 0.29) is 0 Å². The maximum Gasteiger partial charge on any atom is 0.125 e. The fourth-order valence-corrected chi connectivity index (χ4v) is 3.73. The van der Waals surface area contributed by atoms with E-state index in [1.165, 1.54) is 43.9 Å². The van der Waals surface area contributed by atoms with Gasteiger partial charge < -0.3 is 19.0 Å². The summed E-state index contributed by atoms with van der Waals surface area (Å²) in [6.45, 7) is 8.58. The molecule has 0 atom stereocenters. The van der Waals surface area contributed by atoms with Crippen molar-refractivity contribution in [1.82, 2.24) is 0 Å². The third-order valence-electron chi connectivity index (χ3n) is 5.54. The van der Waals surface area contributed by atoms with E-state index < -0.39 is 0 Å². The van der Waals surface area contributed by atoms with Crippen molar-refractivity contribution in [3.63, 3.8) is 0 Å². The SMILES string of the molecule is C/C=C/COc1cc(C)c(OCCCCCCCc2ccc(COCC=NOC)cc2)c(C)c1. The molecule has 0 saturated heterocycles. The zero-order valence-electron chi connectivity index (χ0n) is 21.3. The summed E-state index contributed by atoms with van der Waals surface area (Å²) >= 11 is 0. The molecule has 0 amide bonds. The summed E-state index contributed by atoms with van der Waals surface area (Å²) in [5.74, 6) is 1.90. The molecule has 0 aliphatic rings. The maximum absolute atomic E-state index is 6.09. The minimum Gasteiger partial charge on any atom is -0.493 e. The molecule has 0 aliphatic carbocycles. The van der Waals surface area contributed by atoms with E-state index in [1.54, 1.807) is 6.21 Å². The lowest BCUT2D eigenvalue weighted by Gasteiger charge is -2.14. The molecule has 0 unspecified atom stereocenters. The van der Waals surface area contributed by atoms with Gasteiger partial charge in [-0.3, -0.25) is 0 Å². The van der Waals surface area contributed by atoms with Crippen LogP contribution in [0.15, 0.2) is 53.7 Å². The summed E-state index contributed by atoms with van der Waals surface area (Å²) < 4.78 is 17.4.